The van der Waals surface area contributed by atoms with Gasteiger partial charge in [-0.05, 0) is 31.0 Å². The lowest BCUT2D eigenvalue weighted by molar-refractivity contribution is 0.600. The van der Waals surface area contributed by atoms with Crippen molar-refractivity contribution in [3.8, 4) is 0 Å². The SMILES string of the molecule is Cc1ccc(CCS(=O)(=O)Nc2ccc(N(C)C)cn2)cc1. The first-order valence-corrected chi connectivity index (χ1v) is 8.70. The number of benzene rings is 1. The highest BCUT2D eigenvalue weighted by Crippen LogP contribution is 2.13. The van der Waals surface area contributed by atoms with Crippen LogP contribution >= 0.6 is 0 Å². The summed E-state index contributed by atoms with van der Waals surface area (Å²) in [6.45, 7) is 2.01. The summed E-state index contributed by atoms with van der Waals surface area (Å²) in [7, 11) is 0.408. The smallest absolute Gasteiger partial charge is 0.234 e. The van der Waals surface area contributed by atoms with Crippen molar-refractivity contribution in [2.45, 2.75) is 13.3 Å². The van der Waals surface area contributed by atoms with E-state index in [0.29, 0.717) is 12.2 Å². The molecule has 0 radical (unpaired) electrons. The van der Waals surface area contributed by atoms with Gasteiger partial charge >= 0.3 is 0 Å². The lowest BCUT2D eigenvalue weighted by Gasteiger charge is -2.12. The predicted molar refractivity (Wildman–Crippen MR) is 90.9 cm³/mol. The molecular formula is C16H21N3O2S. The molecule has 0 aliphatic rings. The van der Waals surface area contributed by atoms with Crippen molar-refractivity contribution < 1.29 is 8.42 Å². The molecule has 5 nitrogen and oxygen atoms in total. The summed E-state index contributed by atoms with van der Waals surface area (Å²) in [6, 6.07) is 11.4. The van der Waals surface area contributed by atoms with Gasteiger partial charge in [-0.3, -0.25) is 4.72 Å². The Morgan fingerprint density at radius 3 is 2.32 bits per heavy atom. The molecule has 6 heteroatoms. The van der Waals surface area contributed by atoms with E-state index in [9.17, 15) is 8.42 Å². The Hall–Kier alpha value is -2.08. The van der Waals surface area contributed by atoms with Crippen molar-refractivity contribution in [2.75, 3.05) is 29.5 Å². The second kappa shape index (κ2) is 6.79. The second-order valence-corrected chi connectivity index (χ2v) is 7.29. The molecule has 0 bridgehead atoms. The fourth-order valence-electron chi connectivity index (χ4n) is 1.93. The van der Waals surface area contributed by atoms with Gasteiger partial charge in [-0.2, -0.15) is 0 Å². The first-order chi connectivity index (χ1) is 10.4. The fraction of sp³-hybridized carbons (Fsp3) is 0.312. The van der Waals surface area contributed by atoms with Crippen molar-refractivity contribution in [1.82, 2.24) is 4.98 Å². The Labute approximate surface area is 132 Å². The number of sulfonamides is 1. The molecule has 118 valence electrons. The van der Waals surface area contributed by atoms with Crippen LogP contribution < -0.4 is 9.62 Å². The molecule has 0 saturated heterocycles. The van der Waals surface area contributed by atoms with Gasteiger partial charge in [-0.25, -0.2) is 13.4 Å². The second-order valence-electron chi connectivity index (χ2n) is 5.45. The summed E-state index contributed by atoms with van der Waals surface area (Å²) in [6.07, 6.45) is 2.11. The van der Waals surface area contributed by atoms with Crippen LogP contribution in [0.3, 0.4) is 0 Å². The largest absolute Gasteiger partial charge is 0.376 e. The zero-order valence-corrected chi connectivity index (χ0v) is 13.9. The average molecular weight is 319 g/mol. The summed E-state index contributed by atoms with van der Waals surface area (Å²) in [5.41, 5.74) is 3.09. The topological polar surface area (TPSA) is 62.3 Å². The van der Waals surface area contributed by atoms with Crippen LogP contribution in [0.4, 0.5) is 11.5 Å². The van der Waals surface area contributed by atoms with Crippen LogP contribution in [0.1, 0.15) is 11.1 Å². The predicted octanol–water partition coefficient (Wildman–Crippen LogP) is 2.44. The van der Waals surface area contributed by atoms with Crippen LogP contribution in [-0.4, -0.2) is 33.2 Å². The number of anilines is 2. The van der Waals surface area contributed by atoms with Gasteiger partial charge in [0.25, 0.3) is 0 Å². The Bertz CT molecular complexity index is 708. The van der Waals surface area contributed by atoms with Crippen molar-refractivity contribution in [1.29, 1.82) is 0 Å². The molecule has 0 fully saturated rings. The Kier molecular flexibility index (Phi) is 5.03. The molecule has 2 rings (SSSR count). The Balaban J connectivity index is 1.97. The van der Waals surface area contributed by atoms with Gasteiger partial charge in [0.15, 0.2) is 0 Å². The van der Waals surface area contributed by atoms with Crippen molar-refractivity contribution >= 4 is 21.5 Å². The zero-order chi connectivity index (χ0) is 16.2. The van der Waals surface area contributed by atoms with Crippen LogP contribution in [0.2, 0.25) is 0 Å². The number of nitrogens with zero attached hydrogens (tertiary/aromatic N) is 2. The normalized spacial score (nSPS) is 11.2. The van der Waals surface area contributed by atoms with Gasteiger partial charge in [-0.15, -0.1) is 0 Å². The van der Waals surface area contributed by atoms with Gasteiger partial charge in [-0.1, -0.05) is 29.8 Å². The minimum Gasteiger partial charge on any atom is -0.376 e. The van der Waals surface area contributed by atoms with Crippen LogP contribution in [0.15, 0.2) is 42.6 Å². The molecule has 0 aliphatic heterocycles. The molecule has 0 unspecified atom stereocenters. The summed E-state index contributed by atoms with van der Waals surface area (Å²) < 4.78 is 26.7. The highest BCUT2D eigenvalue weighted by Gasteiger charge is 2.11. The number of hydrogen-bond donors (Lipinski definition) is 1. The number of rotatable bonds is 6. The van der Waals surface area contributed by atoms with E-state index >= 15 is 0 Å². The van der Waals surface area contributed by atoms with E-state index in [0.717, 1.165) is 16.8 Å². The van der Waals surface area contributed by atoms with E-state index in [4.69, 9.17) is 0 Å². The number of nitrogens with one attached hydrogen (secondary N) is 1. The molecule has 1 aromatic carbocycles. The molecule has 0 saturated carbocycles. The van der Waals surface area contributed by atoms with Crippen molar-refractivity contribution in [3.63, 3.8) is 0 Å². The Morgan fingerprint density at radius 2 is 1.77 bits per heavy atom. The standard InChI is InChI=1S/C16H21N3O2S/c1-13-4-6-14(7-5-13)10-11-22(20,21)18-16-9-8-15(12-17-16)19(2)3/h4-9,12H,10-11H2,1-3H3,(H,17,18). The maximum atomic E-state index is 12.1. The first kappa shape index (κ1) is 16.3. The van der Waals surface area contributed by atoms with Crippen LogP contribution in [-0.2, 0) is 16.4 Å². The molecule has 0 amide bonds. The van der Waals surface area contributed by atoms with Gasteiger partial charge in [0.1, 0.15) is 5.82 Å². The van der Waals surface area contributed by atoms with E-state index in [2.05, 4.69) is 9.71 Å². The van der Waals surface area contributed by atoms with Crippen molar-refractivity contribution in [3.05, 3.63) is 53.7 Å². The van der Waals surface area contributed by atoms with E-state index in [1.165, 1.54) is 0 Å². The molecule has 0 atom stereocenters. The van der Waals surface area contributed by atoms with Crippen LogP contribution in [0.5, 0.6) is 0 Å². The van der Waals surface area contributed by atoms with Crippen LogP contribution in [0.25, 0.3) is 0 Å². The number of pyridine rings is 1. The zero-order valence-electron chi connectivity index (χ0n) is 13.1. The van der Waals surface area contributed by atoms with Crippen molar-refractivity contribution in [2.24, 2.45) is 0 Å². The summed E-state index contributed by atoms with van der Waals surface area (Å²) in [5.74, 6) is 0.377. The highest BCUT2D eigenvalue weighted by molar-refractivity contribution is 7.92. The molecule has 1 N–H and O–H groups in total. The Morgan fingerprint density at radius 1 is 1.09 bits per heavy atom. The molecule has 2 aromatic rings. The van der Waals surface area contributed by atoms with Gasteiger partial charge in [0, 0.05) is 14.1 Å². The number of hydrogen-bond acceptors (Lipinski definition) is 4. The quantitative estimate of drug-likeness (QED) is 0.888. The maximum absolute atomic E-state index is 12.1. The lowest BCUT2D eigenvalue weighted by atomic mass is 10.1. The lowest BCUT2D eigenvalue weighted by Crippen LogP contribution is -2.19. The summed E-state index contributed by atoms with van der Waals surface area (Å²) >= 11 is 0. The fourth-order valence-corrected chi connectivity index (χ4v) is 2.97. The van der Waals surface area contributed by atoms with E-state index in [1.54, 1.807) is 12.3 Å². The van der Waals surface area contributed by atoms with Gasteiger partial charge in [0.05, 0.1) is 17.6 Å². The molecule has 0 aliphatic carbocycles. The molecule has 0 spiro atoms. The monoisotopic (exact) mass is 319 g/mol. The number of aromatic nitrogens is 1. The van der Waals surface area contributed by atoms with Gasteiger partial charge in [0.2, 0.25) is 10.0 Å². The highest BCUT2D eigenvalue weighted by atomic mass is 32.2. The third kappa shape index (κ3) is 4.73. The molecule has 1 heterocycles. The first-order valence-electron chi connectivity index (χ1n) is 7.05. The third-order valence-electron chi connectivity index (χ3n) is 3.30. The summed E-state index contributed by atoms with van der Waals surface area (Å²) in [4.78, 5) is 6.03. The summed E-state index contributed by atoms with van der Waals surface area (Å²) in [5, 5.41) is 0. The van der Waals surface area contributed by atoms with E-state index < -0.39 is 10.0 Å². The minimum atomic E-state index is -3.40. The number of aryl methyl sites for hydroxylation is 2. The average Bonchev–Trinajstić information content (AvgIpc) is 2.47. The molecular weight excluding hydrogens is 298 g/mol. The van der Waals surface area contributed by atoms with Gasteiger partial charge < -0.3 is 4.90 Å². The molecule has 22 heavy (non-hydrogen) atoms. The van der Waals surface area contributed by atoms with E-state index in [-0.39, 0.29) is 5.75 Å². The van der Waals surface area contributed by atoms with Crippen LogP contribution in [0, 0.1) is 6.92 Å². The van der Waals surface area contributed by atoms with E-state index in [1.807, 2.05) is 56.3 Å². The maximum Gasteiger partial charge on any atom is 0.234 e. The minimum absolute atomic E-state index is 0.0349. The molecule has 1 aromatic heterocycles. The third-order valence-corrected chi connectivity index (χ3v) is 4.57.